The van der Waals surface area contributed by atoms with Crippen LogP contribution in [0.5, 0.6) is 0 Å². The van der Waals surface area contributed by atoms with E-state index in [1.807, 2.05) is 47.0 Å². The summed E-state index contributed by atoms with van der Waals surface area (Å²) in [6.45, 7) is 5.05. The molecule has 7 rings (SSSR count). The normalized spacial score (nSPS) is 12.8. The maximum Gasteiger partial charge on any atom is 0.261 e. The Morgan fingerprint density at radius 1 is 0.864 bits per heavy atom. The lowest BCUT2D eigenvalue weighted by Crippen LogP contribution is -2.15. The summed E-state index contributed by atoms with van der Waals surface area (Å²) in [4.78, 5) is 29.4. The summed E-state index contributed by atoms with van der Waals surface area (Å²) in [7, 11) is 0. The van der Waals surface area contributed by atoms with Crippen molar-refractivity contribution >= 4 is 28.9 Å². The lowest BCUT2D eigenvalue weighted by Gasteiger charge is -2.11. The molecule has 1 aliphatic heterocycles. The van der Waals surface area contributed by atoms with Gasteiger partial charge in [-0.3, -0.25) is 14.1 Å². The minimum Gasteiger partial charge on any atom is -0.324 e. The first-order valence-electron chi connectivity index (χ1n) is 14.2. The second-order valence-electron chi connectivity index (χ2n) is 10.5. The van der Waals surface area contributed by atoms with Crippen LogP contribution in [-0.2, 0) is 13.1 Å². The average Bonchev–Trinajstić information content (AvgIpc) is 3.63. The number of carbonyl (C=O) groups excluding carboxylic acids is 1. The van der Waals surface area contributed by atoms with Gasteiger partial charge in [0.05, 0.1) is 17.1 Å². The van der Waals surface area contributed by atoms with E-state index in [4.69, 9.17) is 9.97 Å². The van der Waals surface area contributed by atoms with Gasteiger partial charge in [-0.25, -0.2) is 23.7 Å². The molecule has 8 nitrogen and oxygen atoms in total. The second kappa shape index (κ2) is 11.3. The van der Waals surface area contributed by atoms with Gasteiger partial charge in [0.15, 0.2) is 0 Å². The standard InChI is InChI=1S/C34H27F2N7O/c1-2-42-19-22-12-13-25(18-23(22)20-42)39-34-37-15-14-28(40-34)32-31(41-29-11-3-4-16-43(29)32)21-7-5-8-24(17-21)38-33(44)30-26(35)9-6-10-27(30)36/h3-18H,2,19-20H2,1H3,(H,38,44)(H,37,39,40). The number of halogens is 2. The Hall–Kier alpha value is -5.48. The summed E-state index contributed by atoms with van der Waals surface area (Å²) in [6, 6.07) is 24.1. The van der Waals surface area contributed by atoms with Crippen LogP contribution in [0.1, 0.15) is 28.4 Å². The monoisotopic (exact) mass is 587 g/mol. The lowest BCUT2D eigenvalue weighted by molar-refractivity contribution is 0.101. The third-order valence-corrected chi connectivity index (χ3v) is 7.71. The highest BCUT2D eigenvalue weighted by atomic mass is 19.1. The molecule has 0 aliphatic carbocycles. The van der Waals surface area contributed by atoms with Crippen molar-refractivity contribution in [3.63, 3.8) is 0 Å². The van der Waals surface area contributed by atoms with E-state index < -0.39 is 23.1 Å². The zero-order valence-corrected chi connectivity index (χ0v) is 23.8. The fourth-order valence-electron chi connectivity index (χ4n) is 5.54. The van der Waals surface area contributed by atoms with E-state index in [0.717, 1.165) is 43.1 Å². The third-order valence-electron chi connectivity index (χ3n) is 7.71. The van der Waals surface area contributed by atoms with Crippen LogP contribution in [0.15, 0.2) is 97.3 Å². The molecule has 0 fully saturated rings. The topological polar surface area (TPSA) is 87.5 Å². The van der Waals surface area contributed by atoms with Crippen molar-refractivity contribution in [1.29, 1.82) is 0 Å². The fourth-order valence-corrected chi connectivity index (χ4v) is 5.54. The molecule has 3 aromatic heterocycles. The number of anilines is 3. The Balaban J connectivity index is 1.23. The van der Waals surface area contributed by atoms with Gasteiger partial charge < -0.3 is 10.6 Å². The average molecular weight is 588 g/mol. The van der Waals surface area contributed by atoms with Gasteiger partial charge in [-0.15, -0.1) is 0 Å². The number of hydrogen-bond acceptors (Lipinski definition) is 6. The molecule has 0 bridgehead atoms. The molecule has 10 heteroatoms. The molecule has 0 spiro atoms. The van der Waals surface area contributed by atoms with Crippen LogP contribution < -0.4 is 10.6 Å². The molecule has 6 aromatic rings. The van der Waals surface area contributed by atoms with Gasteiger partial charge in [0.2, 0.25) is 5.95 Å². The number of carbonyl (C=O) groups is 1. The minimum atomic E-state index is -0.933. The van der Waals surface area contributed by atoms with E-state index in [9.17, 15) is 13.6 Å². The quantitative estimate of drug-likeness (QED) is 0.208. The van der Waals surface area contributed by atoms with Gasteiger partial charge in [0.25, 0.3) is 5.91 Å². The predicted octanol–water partition coefficient (Wildman–Crippen LogP) is 7.07. The van der Waals surface area contributed by atoms with Crippen molar-refractivity contribution in [3.05, 3.63) is 126 Å². The smallest absolute Gasteiger partial charge is 0.261 e. The zero-order chi connectivity index (χ0) is 30.2. The number of hydrogen-bond donors (Lipinski definition) is 2. The second-order valence-corrected chi connectivity index (χ2v) is 10.5. The molecule has 0 unspecified atom stereocenters. The van der Waals surface area contributed by atoms with E-state index in [1.165, 1.54) is 17.2 Å². The highest BCUT2D eigenvalue weighted by Crippen LogP contribution is 2.34. The zero-order valence-electron chi connectivity index (χ0n) is 23.8. The molecular formula is C34H27F2N7O. The Bertz CT molecular complexity index is 2020. The van der Waals surface area contributed by atoms with Crippen molar-refractivity contribution in [1.82, 2.24) is 24.3 Å². The number of fused-ring (bicyclic) bond motifs is 2. The van der Waals surface area contributed by atoms with Crippen molar-refractivity contribution < 1.29 is 13.6 Å². The number of nitrogens with zero attached hydrogens (tertiary/aromatic N) is 5. The van der Waals surface area contributed by atoms with Gasteiger partial charge in [-0.1, -0.05) is 37.3 Å². The minimum absolute atomic E-state index is 0.362. The molecule has 3 aromatic carbocycles. The summed E-state index contributed by atoms with van der Waals surface area (Å²) in [5.41, 5.74) is 6.62. The molecule has 44 heavy (non-hydrogen) atoms. The van der Waals surface area contributed by atoms with E-state index in [2.05, 4.69) is 39.6 Å². The highest BCUT2D eigenvalue weighted by Gasteiger charge is 2.21. The van der Waals surface area contributed by atoms with Crippen LogP contribution >= 0.6 is 0 Å². The van der Waals surface area contributed by atoms with Crippen LogP contribution in [0.4, 0.5) is 26.1 Å². The number of imidazole rings is 1. The summed E-state index contributed by atoms with van der Waals surface area (Å²) in [5.74, 6) is -2.31. The molecular weight excluding hydrogens is 560 g/mol. The van der Waals surface area contributed by atoms with Gasteiger partial charge in [0, 0.05) is 42.4 Å². The molecule has 1 amide bonds. The van der Waals surface area contributed by atoms with Crippen LogP contribution in [0, 0.1) is 11.6 Å². The highest BCUT2D eigenvalue weighted by molar-refractivity contribution is 6.05. The van der Waals surface area contributed by atoms with Crippen molar-refractivity contribution in [3.8, 4) is 22.6 Å². The van der Waals surface area contributed by atoms with Crippen LogP contribution in [0.3, 0.4) is 0 Å². The first kappa shape index (κ1) is 27.4. The SMILES string of the molecule is CCN1Cc2ccc(Nc3nccc(-c4c(-c5cccc(NC(=O)c6c(F)cccc6F)c5)nc5ccccn45)n3)cc2C1. The summed E-state index contributed by atoms with van der Waals surface area (Å²) < 4.78 is 30.4. The number of amides is 1. The lowest BCUT2D eigenvalue weighted by atomic mass is 10.1. The van der Waals surface area contributed by atoms with Gasteiger partial charge >= 0.3 is 0 Å². The Morgan fingerprint density at radius 2 is 1.68 bits per heavy atom. The Kier molecular flexibility index (Phi) is 7.03. The van der Waals surface area contributed by atoms with Crippen LogP contribution in [0.25, 0.3) is 28.3 Å². The van der Waals surface area contributed by atoms with Gasteiger partial charge in [-0.2, -0.15) is 0 Å². The molecule has 0 saturated carbocycles. The molecule has 0 radical (unpaired) electrons. The Labute approximate surface area is 252 Å². The summed E-state index contributed by atoms with van der Waals surface area (Å²) in [5, 5.41) is 5.96. The van der Waals surface area contributed by atoms with Crippen molar-refractivity contribution in [2.75, 3.05) is 17.2 Å². The number of nitrogens with one attached hydrogen (secondary N) is 2. The van der Waals surface area contributed by atoms with E-state index in [-0.39, 0.29) is 0 Å². The first-order valence-corrected chi connectivity index (χ1v) is 14.2. The fraction of sp³-hybridized carbons (Fsp3) is 0.118. The molecule has 0 atom stereocenters. The van der Waals surface area contributed by atoms with Crippen LogP contribution in [0.2, 0.25) is 0 Å². The molecule has 218 valence electrons. The van der Waals surface area contributed by atoms with E-state index in [0.29, 0.717) is 34.2 Å². The van der Waals surface area contributed by atoms with Gasteiger partial charge in [0.1, 0.15) is 22.8 Å². The number of aromatic nitrogens is 4. The maximum atomic E-state index is 14.2. The van der Waals surface area contributed by atoms with Crippen molar-refractivity contribution in [2.45, 2.75) is 20.0 Å². The van der Waals surface area contributed by atoms with Gasteiger partial charge in [-0.05, 0) is 72.3 Å². The van der Waals surface area contributed by atoms with Crippen molar-refractivity contribution in [2.24, 2.45) is 0 Å². The number of rotatable bonds is 7. The van der Waals surface area contributed by atoms with E-state index >= 15 is 0 Å². The van der Waals surface area contributed by atoms with E-state index in [1.54, 1.807) is 24.4 Å². The van der Waals surface area contributed by atoms with Crippen LogP contribution in [-0.4, -0.2) is 36.7 Å². The number of benzene rings is 3. The first-order chi connectivity index (χ1) is 21.5. The molecule has 0 saturated heterocycles. The predicted molar refractivity (Wildman–Crippen MR) is 165 cm³/mol. The molecule has 1 aliphatic rings. The molecule has 4 heterocycles. The summed E-state index contributed by atoms with van der Waals surface area (Å²) >= 11 is 0. The Morgan fingerprint density at radius 3 is 2.52 bits per heavy atom. The maximum absolute atomic E-state index is 14.2. The largest absolute Gasteiger partial charge is 0.324 e. The third kappa shape index (κ3) is 5.16. The number of pyridine rings is 1. The molecule has 2 N–H and O–H groups in total. The summed E-state index contributed by atoms with van der Waals surface area (Å²) in [6.07, 6.45) is 3.60.